The lowest BCUT2D eigenvalue weighted by atomic mass is 10.2. The minimum atomic E-state index is -3.70. The summed E-state index contributed by atoms with van der Waals surface area (Å²) in [5.41, 5.74) is 0.194. The molecule has 1 atom stereocenters. The van der Waals surface area contributed by atoms with Crippen molar-refractivity contribution in [1.29, 1.82) is 0 Å². The monoisotopic (exact) mass is 369 g/mol. The van der Waals surface area contributed by atoms with E-state index in [4.69, 9.17) is 0 Å². The van der Waals surface area contributed by atoms with E-state index in [0.717, 1.165) is 25.9 Å². The van der Waals surface area contributed by atoms with E-state index in [2.05, 4.69) is 5.32 Å². The van der Waals surface area contributed by atoms with Crippen LogP contribution in [0.1, 0.15) is 19.8 Å². The molecule has 1 aliphatic heterocycles. The summed E-state index contributed by atoms with van der Waals surface area (Å²) >= 11 is 0. The summed E-state index contributed by atoms with van der Waals surface area (Å²) in [7, 11) is -1.68. The number of nitro benzene ring substituents is 1. The Morgan fingerprint density at radius 2 is 1.96 bits per heavy atom. The van der Waals surface area contributed by atoms with Crippen LogP contribution in [0, 0.1) is 16.0 Å². The van der Waals surface area contributed by atoms with Crippen molar-refractivity contribution in [2.75, 3.05) is 38.5 Å². The summed E-state index contributed by atoms with van der Waals surface area (Å²) in [6, 6.07) is 4.31. The largest absolute Gasteiger partial charge is 0.377 e. The van der Waals surface area contributed by atoms with Gasteiger partial charge in [0.2, 0.25) is 10.0 Å². The molecule has 2 N–H and O–H groups in total. The molecule has 0 bridgehead atoms. The lowest BCUT2D eigenvalue weighted by Crippen LogP contribution is -3.12. The van der Waals surface area contributed by atoms with Crippen molar-refractivity contribution in [3.63, 3.8) is 0 Å². The molecule has 1 aliphatic carbocycles. The minimum Gasteiger partial charge on any atom is -0.377 e. The average molecular weight is 369 g/mol. The molecule has 9 heteroatoms. The second kappa shape index (κ2) is 6.89. The van der Waals surface area contributed by atoms with Crippen LogP contribution in [0.5, 0.6) is 0 Å². The summed E-state index contributed by atoms with van der Waals surface area (Å²) in [4.78, 5) is 12.2. The molecule has 0 radical (unpaired) electrons. The first-order valence-corrected chi connectivity index (χ1v) is 10.1. The van der Waals surface area contributed by atoms with Crippen LogP contribution in [0.4, 0.5) is 11.4 Å². The molecule has 138 valence electrons. The normalized spacial score (nSPS) is 21.0. The molecule has 0 unspecified atom stereocenters. The second-order valence-electron chi connectivity index (χ2n) is 7.07. The van der Waals surface area contributed by atoms with E-state index < -0.39 is 14.9 Å². The van der Waals surface area contributed by atoms with Crippen LogP contribution in [0.15, 0.2) is 23.1 Å². The van der Waals surface area contributed by atoms with Gasteiger partial charge in [0, 0.05) is 12.1 Å². The van der Waals surface area contributed by atoms with Crippen LogP contribution in [0.25, 0.3) is 0 Å². The summed E-state index contributed by atoms with van der Waals surface area (Å²) in [5.74, 6) is 0.538. The standard InChI is InChI=1S/C16H24N4O4S/c1-12(13-3-4-13)17-15-6-5-14(11-16(15)20(21)22)25(23,24)19-9-7-18(2)8-10-19/h5-6,11-13,17H,3-4,7-10H2,1-2H3/p+1/t12-/m0/s1. The van der Waals surface area contributed by atoms with Gasteiger partial charge in [-0.25, -0.2) is 8.42 Å². The zero-order valence-corrected chi connectivity index (χ0v) is 15.4. The zero-order chi connectivity index (χ0) is 18.2. The Kier molecular flexibility index (Phi) is 4.99. The number of nitro groups is 1. The van der Waals surface area contributed by atoms with Crippen LogP contribution in [0.3, 0.4) is 0 Å². The van der Waals surface area contributed by atoms with Crippen LogP contribution in [-0.2, 0) is 10.0 Å². The number of piperazine rings is 1. The van der Waals surface area contributed by atoms with Gasteiger partial charge in [-0.05, 0) is 37.8 Å². The SMILES string of the molecule is C[C@H](Nc1ccc(S(=O)(=O)N2CC[NH+](C)CC2)cc1[N+](=O)[O-])C1CC1. The first-order valence-electron chi connectivity index (χ1n) is 8.65. The smallest absolute Gasteiger partial charge is 0.293 e. The number of anilines is 1. The van der Waals surface area contributed by atoms with Crippen LogP contribution in [0.2, 0.25) is 0 Å². The Morgan fingerprint density at radius 1 is 1.32 bits per heavy atom. The Balaban J connectivity index is 1.86. The van der Waals surface area contributed by atoms with Gasteiger partial charge in [-0.1, -0.05) is 0 Å². The number of hydrogen-bond donors (Lipinski definition) is 2. The third kappa shape index (κ3) is 3.94. The van der Waals surface area contributed by atoms with Gasteiger partial charge in [-0.2, -0.15) is 4.31 Å². The Labute approximate surface area is 148 Å². The van der Waals surface area contributed by atoms with Crippen molar-refractivity contribution in [3.8, 4) is 0 Å². The molecule has 0 spiro atoms. The fourth-order valence-corrected chi connectivity index (χ4v) is 4.62. The Bertz CT molecular complexity index is 755. The fraction of sp³-hybridized carbons (Fsp3) is 0.625. The van der Waals surface area contributed by atoms with Crippen molar-refractivity contribution in [2.24, 2.45) is 5.92 Å². The number of quaternary nitrogens is 1. The quantitative estimate of drug-likeness (QED) is 0.556. The summed E-state index contributed by atoms with van der Waals surface area (Å²) < 4.78 is 27.0. The van der Waals surface area contributed by atoms with Crippen LogP contribution < -0.4 is 10.2 Å². The molecule has 1 aromatic carbocycles. The second-order valence-corrected chi connectivity index (χ2v) is 9.01. The molecule has 1 saturated carbocycles. The van der Waals surface area contributed by atoms with Crippen molar-refractivity contribution in [3.05, 3.63) is 28.3 Å². The highest BCUT2D eigenvalue weighted by Gasteiger charge is 2.32. The Morgan fingerprint density at radius 3 is 2.52 bits per heavy atom. The summed E-state index contributed by atoms with van der Waals surface area (Å²) in [6.45, 7) is 4.33. The first kappa shape index (κ1) is 18.1. The third-order valence-electron chi connectivity index (χ3n) is 5.09. The lowest BCUT2D eigenvalue weighted by Gasteiger charge is -2.29. The van der Waals surface area contributed by atoms with E-state index in [0.29, 0.717) is 24.7 Å². The molecule has 1 saturated heterocycles. The topological polar surface area (TPSA) is 97.0 Å². The molecule has 1 heterocycles. The van der Waals surface area contributed by atoms with Gasteiger partial charge in [0.05, 0.1) is 43.0 Å². The molecular weight excluding hydrogens is 344 g/mol. The van der Waals surface area contributed by atoms with Gasteiger partial charge >= 0.3 is 0 Å². The van der Waals surface area contributed by atoms with Crippen molar-refractivity contribution >= 4 is 21.4 Å². The highest BCUT2D eigenvalue weighted by molar-refractivity contribution is 7.89. The number of sulfonamides is 1. The number of rotatable bonds is 6. The highest BCUT2D eigenvalue weighted by atomic mass is 32.2. The first-order chi connectivity index (χ1) is 11.8. The van der Waals surface area contributed by atoms with E-state index in [-0.39, 0.29) is 16.6 Å². The number of nitrogens with one attached hydrogen (secondary N) is 2. The molecule has 25 heavy (non-hydrogen) atoms. The molecule has 3 rings (SSSR count). The predicted octanol–water partition coefficient (Wildman–Crippen LogP) is 0.324. The molecule has 1 aromatic rings. The van der Waals surface area contributed by atoms with Crippen molar-refractivity contribution in [2.45, 2.75) is 30.7 Å². The molecule has 0 amide bonds. The van der Waals surface area contributed by atoms with Crippen molar-refractivity contribution < 1.29 is 18.2 Å². The molecule has 2 aliphatic rings. The molecule has 8 nitrogen and oxygen atoms in total. The van der Waals surface area contributed by atoms with Gasteiger partial charge in [0.25, 0.3) is 5.69 Å². The van der Waals surface area contributed by atoms with Gasteiger partial charge in [-0.3, -0.25) is 10.1 Å². The van der Waals surface area contributed by atoms with Gasteiger partial charge in [-0.15, -0.1) is 0 Å². The van der Waals surface area contributed by atoms with Crippen molar-refractivity contribution in [1.82, 2.24) is 4.31 Å². The van der Waals surface area contributed by atoms with Gasteiger partial charge in [0.15, 0.2) is 0 Å². The third-order valence-corrected chi connectivity index (χ3v) is 6.99. The molecule has 0 aromatic heterocycles. The maximum absolute atomic E-state index is 12.8. The maximum atomic E-state index is 12.8. The summed E-state index contributed by atoms with van der Waals surface area (Å²) in [6.07, 6.45) is 2.25. The van der Waals surface area contributed by atoms with E-state index in [1.165, 1.54) is 27.4 Å². The molecule has 2 fully saturated rings. The Hall–Kier alpha value is -1.71. The van der Waals surface area contributed by atoms with E-state index >= 15 is 0 Å². The highest BCUT2D eigenvalue weighted by Crippen LogP contribution is 2.36. The number of likely N-dealkylation sites (N-methyl/N-ethyl adjacent to an activating group) is 1. The maximum Gasteiger partial charge on any atom is 0.293 e. The van der Waals surface area contributed by atoms with E-state index in [1.54, 1.807) is 0 Å². The predicted molar refractivity (Wildman–Crippen MR) is 94.3 cm³/mol. The molecular formula is C16H25N4O4S+. The van der Waals surface area contributed by atoms with E-state index in [9.17, 15) is 18.5 Å². The lowest BCUT2D eigenvalue weighted by molar-refractivity contribution is -0.883. The fourth-order valence-electron chi connectivity index (χ4n) is 3.16. The minimum absolute atomic E-state index is 0.0108. The van der Waals surface area contributed by atoms with Gasteiger partial charge in [0.1, 0.15) is 5.69 Å². The van der Waals surface area contributed by atoms with Gasteiger partial charge < -0.3 is 10.2 Å². The van der Waals surface area contributed by atoms with E-state index in [1.807, 2.05) is 14.0 Å². The number of hydrogen-bond acceptors (Lipinski definition) is 5. The number of benzene rings is 1. The van der Waals surface area contributed by atoms with Crippen LogP contribution in [-0.4, -0.2) is 56.9 Å². The number of nitrogens with zero attached hydrogens (tertiary/aromatic N) is 2. The zero-order valence-electron chi connectivity index (χ0n) is 14.6. The summed E-state index contributed by atoms with van der Waals surface area (Å²) in [5, 5.41) is 14.6. The average Bonchev–Trinajstić information content (AvgIpc) is 3.40. The van der Waals surface area contributed by atoms with Crippen LogP contribution >= 0.6 is 0 Å².